The number of ether oxygens (including phenoxy) is 1. The zero-order chi connectivity index (χ0) is 14.7. The summed E-state index contributed by atoms with van der Waals surface area (Å²) in [6, 6.07) is 0.279. The second kappa shape index (κ2) is 6.33. The van der Waals surface area contributed by atoms with Crippen molar-refractivity contribution in [3.8, 4) is 0 Å². The number of likely N-dealkylation sites (N-methyl/N-ethyl adjacent to an activating group) is 1. The van der Waals surface area contributed by atoms with E-state index in [-0.39, 0.29) is 17.1 Å². The third-order valence-corrected chi connectivity index (χ3v) is 4.82. The molecule has 0 bridgehead atoms. The van der Waals surface area contributed by atoms with Gasteiger partial charge in [-0.3, -0.25) is 0 Å². The molecule has 0 radical (unpaired) electrons. The number of thiazole rings is 1. The number of nitrogens with zero attached hydrogens (tertiary/aromatic N) is 1. The van der Waals surface area contributed by atoms with E-state index in [1.807, 2.05) is 7.05 Å². The van der Waals surface area contributed by atoms with Gasteiger partial charge in [0, 0.05) is 30.4 Å². The molecule has 0 aliphatic carbocycles. The predicted octanol–water partition coefficient (Wildman–Crippen LogP) is 3.39. The van der Waals surface area contributed by atoms with Crippen molar-refractivity contribution in [3.05, 3.63) is 16.1 Å². The van der Waals surface area contributed by atoms with Gasteiger partial charge in [0.2, 0.25) is 0 Å². The number of hydrogen-bond acceptors (Lipinski definition) is 4. The SMILES string of the molecule is CCC(C)(OC)C(Cc1nc(C(C)(C)C)cs1)NC. The second-order valence-corrected chi connectivity index (χ2v) is 7.23. The van der Waals surface area contributed by atoms with E-state index in [9.17, 15) is 0 Å². The van der Waals surface area contributed by atoms with Crippen LogP contribution in [0.1, 0.15) is 51.7 Å². The minimum Gasteiger partial charge on any atom is -0.377 e. The first-order valence-electron chi connectivity index (χ1n) is 6.94. The third-order valence-electron chi connectivity index (χ3n) is 3.95. The topological polar surface area (TPSA) is 34.1 Å². The lowest BCUT2D eigenvalue weighted by Crippen LogP contribution is -2.49. The Hall–Kier alpha value is -0.450. The Morgan fingerprint density at radius 3 is 2.37 bits per heavy atom. The fourth-order valence-corrected chi connectivity index (χ4v) is 3.15. The largest absolute Gasteiger partial charge is 0.377 e. The van der Waals surface area contributed by atoms with Crippen molar-refractivity contribution in [2.24, 2.45) is 0 Å². The lowest BCUT2D eigenvalue weighted by atomic mass is 9.90. The van der Waals surface area contributed by atoms with Crippen LogP contribution in [0.15, 0.2) is 5.38 Å². The molecule has 0 aromatic carbocycles. The second-order valence-electron chi connectivity index (χ2n) is 6.29. The summed E-state index contributed by atoms with van der Waals surface area (Å²) in [4.78, 5) is 4.77. The van der Waals surface area contributed by atoms with Crippen molar-refractivity contribution in [3.63, 3.8) is 0 Å². The van der Waals surface area contributed by atoms with Crippen LogP contribution in [0, 0.1) is 0 Å². The van der Waals surface area contributed by atoms with E-state index in [4.69, 9.17) is 9.72 Å². The molecule has 1 heterocycles. The predicted molar refractivity (Wildman–Crippen MR) is 83.1 cm³/mol. The van der Waals surface area contributed by atoms with E-state index in [1.165, 1.54) is 10.7 Å². The Kier molecular flexibility index (Phi) is 5.53. The van der Waals surface area contributed by atoms with Gasteiger partial charge in [0.15, 0.2) is 0 Å². The minimum absolute atomic E-state index is 0.124. The molecule has 0 aliphatic heterocycles. The normalized spacial score (nSPS) is 17.2. The van der Waals surface area contributed by atoms with Gasteiger partial charge < -0.3 is 10.1 Å². The van der Waals surface area contributed by atoms with Gasteiger partial charge in [-0.2, -0.15) is 0 Å². The van der Waals surface area contributed by atoms with Crippen LogP contribution in [0.5, 0.6) is 0 Å². The van der Waals surface area contributed by atoms with Gasteiger partial charge in [0.05, 0.1) is 16.3 Å². The molecule has 1 aromatic heterocycles. The van der Waals surface area contributed by atoms with Crippen molar-refractivity contribution in [1.82, 2.24) is 10.3 Å². The zero-order valence-electron chi connectivity index (χ0n) is 13.3. The Bertz CT molecular complexity index is 391. The van der Waals surface area contributed by atoms with Crippen molar-refractivity contribution in [2.45, 2.75) is 64.5 Å². The van der Waals surface area contributed by atoms with Gasteiger partial charge in [-0.1, -0.05) is 27.7 Å². The van der Waals surface area contributed by atoms with Gasteiger partial charge in [0.1, 0.15) is 0 Å². The van der Waals surface area contributed by atoms with Gasteiger partial charge in [-0.05, 0) is 20.4 Å². The number of nitrogens with one attached hydrogen (secondary N) is 1. The number of methoxy groups -OCH3 is 1. The fourth-order valence-electron chi connectivity index (χ4n) is 2.08. The Morgan fingerprint density at radius 2 is 2.00 bits per heavy atom. The van der Waals surface area contributed by atoms with E-state index < -0.39 is 0 Å². The van der Waals surface area contributed by atoms with Gasteiger partial charge in [-0.25, -0.2) is 4.98 Å². The molecule has 0 saturated heterocycles. The van der Waals surface area contributed by atoms with Gasteiger partial charge >= 0.3 is 0 Å². The van der Waals surface area contributed by atoms with Crippen LogP contribution in [0.4, 0.5) is 0 Å². The highest BCUT2D eigenvalue weighted by atomic mass is 32.1. The molecule has 2 atom stereocenters. The summed E-state index contributed by atoms with van der Waals surface area (Å²) >= 11 is 1.75. The molecule has 1 N–H and O–H groups in total. The molecule has 0 saturated carbocycles. The molecule has 0 aliphatic rings. The summed E-state index contributed by atoms with van der Waals surface area (Å²) in [7, 11) is 3.78. The van der Waals surface area contributed by atoms with Crippen LogP contribution in [-0.2, 0) is 16.6 Å². The van der Waals surface area contributed by atoms with Crippen LogP contribution in [0.2, 0.25) is 0 Å². The highest BCUT2D eigenvalue weighted by Crippen LogP contribution is 2.27. The zero-order valence-corrected chi connectivity index (χ0v) is 14.1. The van der Waals surface area contributed by atoms with E-state index in [2.05, 4.69) is 45.3 Å². The van der Waals surface area contributed by atoms with Crippen LogP contribution in [0.25, 0.3) is 0 Å². The maximum atomic E-state index is 5.70. The molecule has 0 amide bonds. The molecular formula is C15H28N2OS. The Labute approximate surface area is 121 Å². The van der Waals surface area contributed by atoms with Crippen LogP contribution in [-0.4, -0.2) is 30.8 Å². The molecule has 110 valence electrons. The van der Waals surface area contributed by atoms with E-state index in [0.29, 0.717) is 0 Å². The van der Waals surface area contributed by atoms with E-state index in [1.54, 1.807) is 18.4 Å². The molecule has 3 nitrogen and oxygen atoms in total. The summed E-state index contributed by atoms with van der Waals surface area (Å²) in [6.07, 6.45) is 1.89. The lowest BCUT2D eigenvalue weighted by molar-refractivity contribution is -0.0268. The average Bonchev–Trinajstić information content (AvgIpc) is 2.83. The van der Waals surface area contributed by atoms with Crippen LogP contribution >= 0.6 is 11.3 Å². The molecular weight excluding hydrogens is 256 g/mol. The molecule has 2 unspecified atom stereocenters. The smallest absolute Gasteiger partial charge is 0.0945 e. The quantitative estimate of drug-likeness (QED) is 0.869. The lowest BCUT2D eigenvalue weighted by Gasteiger charge is -2.35. The molecule has 0 spiro atoms. The van der Waals surface area contributed by atoms with Crippen molar-refractivity contribution in [2.75, 3.05) is 14.2 Å². The Morgan fingerprint density at radius 1 is 1.37 bits per heavy atom. The summed E-state index contributed by atoms with van der Waals surface area (Å²) in [6.45, 7) is 10.9. The van der Waals surface area contributed by atoms with Crippen molar-refractivity contribution >= 4 is 11.3 Å². The summed E-state index contributed by atoms with van der Waals surface area (Å²) in [5, 5.41) is 6.74. The first-order valence-corrected chi connectivity index (χ1v) is 7.82. The molecule has 19 heavy (non-hydrogen) atoms. The minimum atomic E-state index is -0.150. The number of hydrogen-bond donors (Lipinski definition) is 1. The van der Waals surface area contributed by atoms with Gasteiger partial charge in [-0.15, -0.1) is 11.3 Å². The van der Waals surface area contributed by atoms with Crippen LogP contribution in [0.3, 0.4) is 0 Å². The summed E-state index contributed by atoms with van der Waals surface area (Å²) in [5.74, 6) is 0. The molecule has 4 heteroatoms. The maximum absolute atomic E-state index is 5.70. The maximum Gasteiger partial charge on any atom is 0.0945 e. The highest BCUT2D eigenvalue weighted by Gasteiger charge is 2.32. The molecule has 1 rings (SSSR count). The van der Waals surface area contributed by atoms with E-state index in [0.717, 1.165) is 12.8 Å². The van der Waals surface area contributed by atoms with Crippen molar-refractivity contribution < 1.29 is 4.74 Å². The highest BCUT2D eigenvalue weighted by molar-refractivity contribution is 7.09. The van der Waals surface area contributed by atoms with Gasteiger partial charge in [0.25, 0.3) is 0 Å². The van der Waals surface area contributed by atoms with Crippen molar-refractivity contribution in [1.29, 1.82) is 0 Å². The first kappa shape index (κ1) is 16.6. The Balaban J connectivity index is 2.85. The fraction of sp³-hybridized carbons (Fsp3) is 0.800. The standard InChI is InChI=1S/C15H28N2OS/c1-8-15(5,18-7)11(16-6)9-13-17-12(10-19-13)14(2,3)4/h10-11,16H,8-9H2,1-7H3. The number of rotatable bonds is 6. The average molecular weight is 284 g/mol. The molecule has 1 aromatic rings. The van der Waals surface area contributed by atoms with Crippen LogP contribution < -0.4 is 5.32 Å². The monoisotopic (exact) mass is 284 g/mol. The summed E-state index contributed by atoms with van der Waals surface area (Å²) in [5.41, 5.74) is 1.15. The first-order chi connectivity index (χ1) is 8.76. The number of aromatic nitrogens is 1. The molecule has 0 fully saturated rings. The summed E-state index contributed by atoms with van der Waals surface area (Å²) < 4.78 is 5.70. The van der Waals surface area contributed by atoms with E-state index >= 15 is 0 Å². The third kappa shape index (κ3) is 4.01.